The van der Waals surface area contributed by atoms with Crippen molar-refractivity contribution in [2.24, 2.45) is 11.8 Å². The summed E-state index contributed by atoms with van der Waals surface area (Å²) >= 11 is 0. The highest BCUT2D eigenvalue weighted by molar-refractivity contribution is 5.72. The molecule has 3 unspecified atom stereocenters. The lowest BCUT2D eigenvalue weighted by molar-refractivity contribution is -0.146. The highest BCUT2D eigenvalue weighted by Gasteiger charge is 2.24. The maximum atomic E-state index is 11.4. The number of carbonyl (C=O) groups is 1. The summed E-state index contributed by atoms with van der Waals surface area (Å²) in [6.45, 7) is 9.44. The fraction of sp³-hybridized carbons (Fsp3) is 0.917. The van der Waals surface area contributed by atoms with E-state index in [-0.39, 0.29) is 17.9 Å². The molecule has 0 N–H and O–H groups in total. The maximum absolute atomic E-state index is 11.4. The minimum atomic E-state index is -0.126. The molecule has 90 valence electrons. The van der Waals surface area contributed by atoms with Crippen molar-refractivity contribution in [2.75, 3.05) is 20.7 Å². The number of methoxy groups -OCH3 is 1. The average molecular weight is 215 g/mol. The Hall–Kier alpha value is -0.570. The van der Waals surface area contributed by atoms with Gasteiger partial charge in [-0.1, -0.05) is 27.2 Å². The molecule has 0 rings (SSSR count). The smallest absolute Gasteiger partial charge is 0.309 e. The Balaban J connectivity index is 4.18. The largest absolute Gasteiger partial charge is 0.469 e. The van der Waals surface area contributed by atoms with Crippen LogP contribution in [0.25, 0.3) is 0 Å². The van der Waals surface area contributed by atoms with E-state index in [1.54, 1.807) is 0 Å². The van der Waals surface area contributed by atoms with Crippen LogP contribution in [0.5, 0.6) is 0 Å². The summed E-state index contributed by atoms with van der Waals surface area (Å²) in [7, 11) is 3.51. The molecular weight excluding hydrogens is 190 g/mol. The number of hydrogen-bond donors (Lipinski definition) is 0. The van der Waals surface area contributed by atoms with Gasteiger partial charge >= 0.3 is 5.97 Å². The van der Waals surface area contributed by atoms with Crippen molar-refractivity contribution in [3.05, 3.63) is 0 Å². The van der Waals surface area contributed by atoms with E-state index in [0.717, 1.165) is 6.54 Å². The quantitative estimate of drug-likeness (QED) is 0.636. The van der Waals surface area contributed by atoms with Gasteiger partial charge in [0.05, 0.1) is 13.0 Å². The van der Waals surface area contributed by atoms with Crippen molar-refractivity contribution in [2.45, 2.75) is 40.2 Å². The zero-order valence-corrected chi connectivity index (χ0v) is 10.9. The molecule has 0 aromatic rings. The van der Waals surface area contributed by atoms with Gasteiger partial charge in [-0.3, -0.25) is 4.79 Å². The zero-order chi connectivity index (χ0) is 12.0. The van der Waals surface area contributed by atoms with Gasteiger partial charge in [0.2, 0.25) is 0 Å². The third kappa shape index (κ3) is 4.65. The van der Waals surface area contributed by atoms with Crippen LogP contribution in [0, 0.1) is 11.8 Å². The van der Waals surface area contributed by atoms with Gasteiger partial charge in [0.1, 0.15) is 0 Å². The first kappa shape index (κ1) is 14.4. The first-order valence-electron chi connectivity index (χ1n) is 5.72. The Morgan fingerprint density at radius 1 is 1.33 bits per heavy atom. The van der Waals surface area contributed by atoms with Gasteiger partial charge in [-0.15, -0.1) is 0 Å². The van der Waals surface area contributed by atoms with Crippen LogP contribution in [-0.2, 0) is 9.53 Å². The topological polar surface area (TPSA) is 29.5 Å². The third-order valence-corrected chi connectivity index (χ3v) is 3.29. The fourth-order valence-corrected chi connectivity index (χ4v) is 1.55. The highest BCUT2D eigenvalue weighted by atomic mass is 16.5. The standard InChI is InChI=1S/C12H25NO2/c1-7-9(2)8-13(5)11(4)10(3)12(14)15-6/h9-11H,7-8H2,1-6H3. The number of esters is 1. The molecule has 0 amide bonds. The lowest BCUT2D eigenvalue weighted by Gasteiger charge is -2.30. The normalized spacial score (nSPS) is 17.3. The molecule has 0 saturated carbocycles. The Morgan fingerprint density at radius 3 is 2.27 bits per heavy atom. The molecule has 3 atom stereocenters. The Bertz CT molecular complexity index is 194. The van der Waals surface area contributed by atoms with Gasteiger partial charge in [0, 0.05) is 12.6 Å². The molecule has 0 fully saturated rings. The van der Waals surface area contributed by atoms with Gasteiger partial charge in [-0.2, -0.15) is 0 Å². The third-order valence-electron chi connectivity index (χ3n) is 3.29. The van der Waals surface area contributed by atoms with E-state index in [2.05, 4.69) is 32.7 Å². The summed E-state index contributed by atoms with van der Waals surface area (Å²) in [6, 6.07) is 0.228. The van der Waals surface area contributed by atoms with Gasteiger partial charge in [-0.05, 0) is 19.9 Å². The van der Waals surface area contributed by atoms with Crippen molar-refractivity contribution in [1.29, 1.82) is 0 Å². The molecule has 0 aliphatic rings. The van der Waals surface area contributed by atoms with Crippen LogP contribution in [0.2, 0.25) is 0 Å². The molecule has 0 saturated heterocycles. The number of ether oxygens (including phenoxy) is 1. The average Bonchev–Trinajstić information content (AvgIpc) is 2.25. The minimum Gasteiger partial charge on any atom is -0.469 e. The number of rotatable bonds is 6. The van der Waals surface area contributed by atoms with Crippen LogP contribution < -0.4 is 0 Å². The summed E-state index contributed by atoms with van der Waals surface area (Å²) in [4.78, 5) is 13.6. The SMILES string of the molecule is CCC(C)CN(C)C(C)C(C)C(=O)OC. The molecule has 0 aromatic heterocycles. The van der Waals surface area contributed by atoms with Crippen molar-refractivity contribution in [3.63, 3.8) is 0 Å². The van der Waals surface area contributed by atoms with Crippen LogP contribution >= 0.6 is 0 Å². The van der Waals surface area contributed by atoms with E-state index in [1.807, 2.05) is 6.92 Å². The molecule has 0 aliphatic heterocycles. The molecule has 15 heavy (non-hydrogen) atoms. The predicted molar refractivity (Wildman–Crippen MR) is 62.7 cm³/mol. The number of nitrogens with zero attached hydrogens (tertiary/aromatic N) is 1. The Kier molecular flexibility index (Phi) is 6.57. The van der Waals surface area contributed by atoms with E-state index in [4.69, 9.17) is 4.74 Å². The van der Waals surface area contributed by atoms with Gasteiger partial charge in [-0.25, -0.2) is 0 Å². The van der Waals surface area contributed by atoms with Crippen molar-refractivity contribution >= 4 is 5.97 Å². The molecule has 3 heteroatoms. The molecule has 0 aliphatic carbocycles. The van der Waals surface area contributed by atoms with Gasteiger partial charge in [0.25, 0.3) is 0 Å². The van der Waals surface area contributed by atoms with E-state index >= 15 is 0 Å². The highest BCUT2D eigenvalue weighted by Crippen LogP contribution is 2.13. The first-order valence-corrected chi connectivity index (χ1v) is 5.72. The Morgan fingerprint density at radius 2 is 1.87 bits per heavy atom. The summed E-state index contributed by atoms with van der Waals surface area (Å²) in [5.41, 5.74) is 0. The molecule has 0 heterocycles. The monoisotopic (exact) mass is 215 g/mol. The molecule has 0 aromatic carbocycles. The number of carbonyl (C=O) groups excluding carboxylic acids is 1. The van der Waals surface area contributed by atoms with Crippen LogP contribution in [0.1, 0.15) is 34.1 Å². The van der Waals surface area contributed by atoms with Crippen LogP contribution in [0.4, 0.5) is 0 Å². The number of hydrogen-bond acceptors (Lipinski definition) is 3. The van der Waals surface area contributed by atoms with E-state index in [0.29, 0.717) is 5.92 Å². The second kappa shape index (κ2) is 6.83. The summed E-state index contributed by atoms with van der Waals surface area (Å²) in [6.07, 6.45) is 1.17. The van der Waals surface area contributed by atoms with E-state index in [1.165, 1.54) is 13.5 Å². The molecule has 3 nitrogen and oxygen atoms in total. The van der Waals surface area contributed by atoms with Crippen molar-refractivity contribution < 1.29 is 9.53 Å². The summed E-state index contributed by atoms with van der Waals surface area (Å²) < 4.78 is 4.75. The Labute approximate surface area is 93.8 Å². The van der Waals surface area contributed by atoms with Crippen LogP contribution in [0.15, 0.2) is 0 Å². The maximum Gasteiger partial charge on any atom is 0.309 e. The molecule has 0 radical (unpaired) electrons. The van der Waals surface area contributed by atoms with Crippen molar-refractivity contribution in [3.8, 4) is 0 Å². The predicted octanol–water partition coefficient (Wildman–Crippen LogP) is 2.16. The van der Waals surface area contributed by atoms with Crippen LogP contribution in [0.3, 0.4) is 0 Å². The molecule has 0 spiro atoms. The van der Waals surface area contributed by atoms with Crippen molar-refractivity contribution in [1.82, 2.24) is 4.90 Å². The van der Waals surface area contributed by atoms with Gasteiger partial charge in [0.15, 0.2) is 0 Å². The first-order chi connectivity index (χ1) is 6.93. The zero-order valence-electron chi connectivity index (χ0n) is 10.9. The van der Waals surface area contributed by atoms with Gasteiger partial charge < -0.3 is 9.64 Å². The second-order valence-electron chi connectivity index (χ2n) is 4.51. The summed E-state index contributed by atoms with van der Waals surface area (Å²) in [5.74, 6) is 0.477. The minimum absolute atomic E-state index is 0.0657. The second-order valence-corrected chi connectivity index (χ2v) is 4.51. The van der Waals surface area contributed by atoms with E-state index < -0.39 is 0 Å². The van der Waals surface area contributed by atoms with Crippen LogP contribution in [-0.4, -0.2) is 37.6 Å². The summed E-state index contributed by atoms with van der Waals surface area (Å²) in [5, 5.41) is 0. The fourth-order valence-electron chi connectivity index (χ4n) is 1.55. The van der Waals surface area contributed by atoms with E-state index in [9.17, 15) is 4.79 Å². The molecular formula is C12H25NO2. The lowest BCUT2D eigenvalue weighted by Crippen LogP contribution is -2.40. The lowest BCUT2D eigenvalue weighted by atomic mass is 10.0. The molecule has 0 bridgehead atoms.